The molecule has 0 radical (unpaired) electrons. The van der Waals surface area contributed by atoms with Crippen molar-refractivity contribution in [1.82, 2.24) is 5.32 Å². The van der Waals surface area contributed by atoms with Crippen molar-refractivity contribution in [3.8, 4) is 5.75 Å². The van der Waals surface area contributed by atoms with Crippen molar-refractivity contribution >= 4 is 11.9 Å². The van der Waals surface area contributed by atoms with Gasteiger partial charge in [0.15, 0.2) is 6.04 Å². The second-order valence-electron chi connectivity index (χ2n) is 3.47. The molecule has 1 aromatic rings. The minimum Gasteiger partial charge on any atom is -0.497 e. The third kappa shape index (κ3) is 3.48. The van der Waals surface area contributed by atoms with E-state index in [1.165, 1.54) is 7.11 Å². The SMILES string of the molecule is CCC(=O)NC(C(=O)O)c1cccc(OC)c1. The largest absolute Gasteiger partial charge is 0.497 e. The van der Waals surface area contributed by atoms with E-state index in [9.17, 15) is 9.59 Å². The van der Waals surface area contributed by atoms with Crippen LogP contribution in [-0.4, -0.2) is 24.1 Å². The molecule has 0 heterocycles. The van der Waals surface area contributed by atoms with Crippen LogP contribution < -0.4 is 10.1 Å². The van der Waals surface area contributed by atoms with Crippen molar-refractivity contribution in [3.63, 3.8) is 0 Å². The first-order chi connectivity index (χ1) is 8.08. The Labute approximate surface area is 99.4 Å². The number of aliphatic carboxylic acids is 1. The van der Waals surface area contributed by atoms with Gasteiger partial charge in [0.05, 0.1) is 7.11 Å². The van der Waals surface area contributed by atoms with Gasteiger partial charge in [-0.2, -0.15) is 0 Å². The van der Waals surface area contributed by atoms with Gasteiger partial charge in [0.1, 0.15) is 5.75 Å². The van der Waals surface area contributed by atoms with Crippen LogP contribution in [0.4, 0.5) is 0 Å². The normalized spacial score (nSPS) is 11.6. The summed E-state index contributed by atoms with van der Waals surface area (Å²) in [6.07, 6.45) is 0.244. The number of carboxylic acid groups (broad SMARTS) is 1. The maximum atomic E-state index is 11.2. The van der Waals surface area contributed by atoms with Gasteiger partial charge in [0.25, 0.3) is 0 Å². The molecule has 17 heavy (non-hydrogen) atoms. The van der Waals surface area contributed by atoms with Gasteiger partial charge in [-0.15, -0.1) is 0 Å². The van der Waals surface area contributed by atoms with E-state index in [0.717, 1.165) is 0 Å². The molecule has 5 nitrogen and oxygen atoms in total. The third-order valence-corrected chi connectivity index (χ3v) is 2.30. The molecule has 1 atom stereocenters. The van der Waals surface area contributed by atoms with E-state index in [4.69, 9.17) is 9.84 Å². The molecule has 1 aromatic carbocycles. The molecule has 1 amide bonds. The molecule has 5 heteroatoms. The molecule has 0 saturated heterocycles. The quantitative estimate of drug-likeness (QED) is 0.810. The Bertz CT molecular complexity index is 417. The van der Waals surface area contributed by atoms with Gasteiger partial charge in [-0.05, 0) is 17.7 Å². The second-order valence-corrected chi connectivity index (χ2v) is 3.47. The number of nitrogens with one attached hydrogen (secondary N) is 1. The zero-order valence-corrected chi connectivity index (χ0v) is 9.77. The molecule has 0 fully saturated rings. The summed E-state index contributed by atoms with van der Waals surface area (Å²) >= 11 is 0. The van der Waals surface area contributed by atoms with E-state index in [0.29, 0.717) is 11.3 Å². The molecule has 0 spiro atoms. The van der Waals surface area contributed by atoms with E-state index in [2.05, 4.69) is 5.32 Å². The predicted octanol–water partition coefficient (Wildman–Crippen LogP) is 1.35. The minimum atomic E-state index is -1.10. The molecule has 92 valence electrons. The highest BCUT2D eigenvalue weighted by molar-refractivity contribution is 5.84. The molecule has 0 saturated carbocycles. The number of hydrogen-bond donors (Lipinski definition) is 2. The van der Waals surface area contributed by atoms with Crippen molar-refractivity contribution in [2.75, 3.05) is 7.11 Å². The first-order valence-corrected chi connectivity index (χ1v) is 5.24. The highest BCUT2D eigenvalue weighted by atomic mass is 16.5. The zero-order chi connectivity index (χ0) is 12.8. The lowest BCUT2D eigenvalue weighted by molar-refractivity contribution is -0.142. The van der Waals surface area contributed by atoms with Gasteiger partial charge >= 0.3 is 5.97 Å². The van der Waals surface area contributed by atoms with Crippen molar-refractivity contribution in [2.45, 2.75) is 19.4 Å². The number of carboxylic acids is 1. The fourth-order valence-corrected chi connectivity index (χ4v) is 1.37. The molecule has 0 aliphatic carbocycles. The Morgan fingerprint density at radius 2 is 2.18 bits per heavy atom. The molecule has 1 unspecified atom stereocenters. The maximum absolute atomic E-state index is 11.2. The summed E-state index contributed by atoms with van der Waals surface area (Å²) < 4.78 is 5.01. The molecular formula is C12H15NO4. The van der Waals surface area contributed by atoms with Crippen LogP contribution in [0.2, 0.25) is 0 Å². The standard InChI is InChI=1S/C12H15NO4/c1-3-10(14)13-11(12(15)16)8-5-4-6-9(7-8)17-2/h4-7,11H,3H2,1-2H3,(H,13,14)(H,15,16). The topological polar surface area (TPSA) is 75.6 Å². The Kier molecular flexibility index (Phi) is 4.51. The average molecular weight is 237 g/mol. The van der Waals surface area contributed by atoms with Crippen LogP contribution in [0.25, 0.3) is 0 Å². The average Bonchev–Trinajstić information content (AvgIpc) is 2.35. The molecule has 0 bridgehead atoms. The number of rotatable bonds is 5. The molecular weight excluding hydrogens is 222 g/mol. The highest BCUT2D eigenvalue weighted by Gasteiger charge is 2.21. The molecule has 0 aromatic heterocycles. The monoisotopic (exact) mass is 237 g/mol. The summed E-state index contributed by atoms with van der Waals surface area (Å²) in [6, 6.07) is 5.58. The van der Waals surface area contributed by atoms with Crippen molar-refractivity contribution in [2.24, 2.45) is 0 Å². The number of ether oxygens (including phenoxy) is 1. The number of carbonyl (C=O) groups is 2. The Balaban J connectivity index is 2.96. The van der Waals surface area contributed by atoms with Crippen molar-refractivity contribution in [1.29, 1.82) is 0 Å². The van der Waals surface area contributed by atoms with Gasteiger partial charge in [-0.3, -0.25) is 4.79 Å². The highest BCUT2D eigenvalue weighted by Crippen LogP contribution is 2.19. The van der Waals surface area contributed by atoms with Crippen LogP contribution in [0.15, 0.2) is 24.3 Å². The predicted molar refractivity (Wildman–Crippen MR) is 61.8 cm³/mol. The number of amides is 1. The summed E-state index contributed by atoms with van der Waals surface area (Å²) in [4.78, 5) is 22.3. The van der Waals surface area contributed by atoms with Crippen LogP contribution in [0, 0.1) is 0 Å². The van der Waals surface area contributed by atoms with E-state index in [1.54, 1.807) is 31.2 Å². The third-order valence-electron chi connectivity index (χ3n) is 2.30. The molecule has 0 aliphatic heterocycles. The van der Waals surface area contributed by atoms with Gasteiger partial charge in [-0.25, -0.2) is 4.79 Å². The summed E-state index contributed by atoms with van der Waals surface area (Å²) in [7, 11) is 1.50. The van der Waals surface area contributed by atoms with E-state index >= 15 is 0 Å². The molecule has 2 N–H and O–H groups in total. The summed E-state index contributed by atoms with van der Waals surface area (Å²) in [5.41, 5.74) is 0.485. The van der Waals surface area contributed by atoms with Gasteiger partial charge in [0, 0.05) is 6.42 Å². The first-order valence-electron chi connectivity index (χ1n) is 5.24. The van der Waals surface area contributed by atoms with Crippen LogP contribution in [-0.2, 0) is 9.59 Å². The lowest BCUT2D eigenvalue weighted by atomic mass is 10.1. The molecule has 0 aliphatic rings. The Hall–Kier alpha value is -2.04. The van der Waals surface area contributed by atoms with Gasteiger partial charge in [-0.1, -0.05) is 19.1 Å². The first kappa shape index (κ1) is 13.0. The number of benzene rings is 1. The van der Waals surface area contributed by atoms with E-state index in [-0.39, 0.29) is 12.3 Å². The second kappa shape index (κ2) is 5.89. The number of carbonyl (C=O) groups excluding carboxylic acids is 1. The van der Waals surface area contributed by atoms with E-state index in [1.807, 2.05) is 0 Å². The van der Waals surface area contributed by atoms with Crippen LogP contribution >= 0.6 is 0 Å². The van der Waals surface area contributed by atoms with Crippen molar-refractivity contribution in [3.05, 3.63) is 29.8 Å². The van der Waals surface area contributed by atoms with Crippen LogP contribution in [0.1, 0.15) is 24.9 Å². The maximum Gasteiger partial charge on any atom is 0.330 e. The zero-order valence-electron chi connectivity index (χ0n) is 9.77. The number of hydrogen-bond acceptors (Lipinski definition) is 3. The van der Waals surface area contributed by atoms with Crippen molar-refractivity contribution < 1.29 is 19.4 Å². The summed E-state index contributed by atoms with van der Waals surface area (Å²) in [5, 5.41) is 11.5. The van der Waals surface area contributed by atoms with Gasteiger partial charge in [0.2, 0.25) is 5.91 Å². The Morgan fingerprint density at radius 1 is 1.47 bits per heavy atom. The van der Waals surface area contributed by atoms with Crippen LogP contribution in [0.3, 0.4) is 0 Å². The lowest BCUT2D eigenvalue weighted by Crippen LogP contribution is -2.33. The minimum absolute atomic E-state index is 0.244. The van der Waals surface area contributed by atoms with Gasteiger partial charge < -0.3 is 15.2 Å². The van der Waals surface area contributed by atoms with Crippen LogP contribution in [0.5, 0.6) is 5.75 Å². The smallest absolute Gasteiger partial charge is 0.330 e. The Morgan fingerprint density at radius 3 is 2.71 bits per heavy atom. The number of methoxy groups -OCH3 is 1. The summed E-state index contributed by atoms with van der Waals surface area (Å²) in [5.74, 6) is -0.847. The lowest BCUT2D eigenvalue weighted by Gasteiger charge is -2.15. The fraction of sp³-hybridized carbons (Fsp3) is 0.333. The fourth-order valence-electron chi connectivity index (χ4n) is 1.37. The summed E-state index contributed by atoms with van der Waals surface area (Å²) in [6.45, 7) is 1.67. The molecule has 1 rings (SSSR count). The van der Waals surface area contributed by atoms with E-state index < -0.39 is 12.0 Å².